The Morgan fingerprint density at radius 2 is 2.15 bits per heavy atom. The summed E-state index contributed by atoms with van der Waals surface area (Å²) in [5.41, 5.74) is 6.70. The monoisotopic (exact) mass is 310 g/mol. The van der Waals surface area contributed by atoms with E-state index in [9.17, 15) is 4.79 Å². The molecular formula is C14H15ClN2O2S. The van der Waals surface area contributed by atoms with Crippen molar-refractivity contribution >= 4 is 34.5 Å². The molecule has 2 rings (SSSR count). The number of anilines is 1. The lowest BCUT2D eigenvalue weighted by atomic mass is 10.1. The van der Waals surface area contributed by atoms with Gasteiger partial charge in [-0.05, 0) is 31.2 Å². The highest BCUT2D eigenvalue weighted by atomic mass is 35.5. The largest absolute Gasteiger partial charge is 0.497 e. The number of carbonyl (C=O) groups is 1. The third kappa shape index (κ3) is 3.43. The molecule has 0 aliphatic heterocycles. The molecule has 0 radical (unpaired) electrons. The molecule has 1 aromatic carbocycles. The molecule has 1 atom stereocenters. The number of rotatable bonds is 4. The molecule has 4 nitrogen and oxygen atoms in total. The maximum absolute atomic E-state index is 12.2. The van der Waals surface area contributed by atoms with Crippen molar-refractivity contribution in [3.8, 4) is 5.75 Å². The Morgan fingerprint density at radius 3 is 2.75 bits per heavy atom. The smallest absolute Gasteiger partial charge is 0.251 e. The number of hydrogen-bond donors (Lipinski definition) is 2. The van der Waals surface area contributed by atoms with E-state index in [-0.39, 0.29) is 11.9 Å². The fourth-order valence-electron chi connectivity index (χ4n) is 1.78. The number of amides is 1. The summed E-state index contributed by atoms with van der Waals surface area (Å²) >= 11 is 7.34. The Hall–Kier alpha value is -1.72. The molecule has 1 unspecified atom stereocenters. The van der Waals surface area contributed by atoms with Crippen molar-refractivity contribution in [2.75, 3.05) is 12.8 Å². The van der Waals surface area contributed by atoms with Gasteiger partial charge in [0.15, 0.2) is 0 Å². The Kier molecular flexibility index (Phi) is 4.52. The first-order chi connectivity index (χ1) is 9.49. The second-order valence-corrected chi connectivity index (χ2v) is 6.08. The standard InChI is InChI=1S/C14H15ClN2O2S/c1-8(12-3-4-13(15)20-12)17-14(18)9-5-10(16)7-11(6-9)19-2/h3-8H,16H2,1-2H3,(H,17,18). The molecule has 0 aliphatic carbocycles. The summed E-state index contributed by atoms with van der Waals surface area (Å²) in [6.07, 6.45) is 0. The second kappa shape index (κ2) is 6.15. The first-order valence-corrected chi connectivity index (χ1v) is 7.19. The van der Waals surface area contributed by atoms with E-state index in [1.54, 1.807) is 18.2 Å². The van der Waals surface area contributed by atoms with E-state index in [1.807, 2.05) is 19.1 Å². The van der Waals surface area contributed by atoms with Crippen molar-refractivity contribution in [3.05, 3.63) is 45.1 Å². The number of nitrogen functional groups attached to an aromatic ring is 1. The van der Waals surface area contributed by atoms with Crippen LogP contribution in [0.4, 0.5) is 5.69 Å². The maximum atomic E-state index is 12.2. The highest BCUT2D eigenvalue weighted by Crippen LogP contribution is 2.27. The average Bonchev–Trinajstić information content (AvgIpc) is 2.84. The first kappa shape index (κ1) is 14.7. The summed E-state index contributed by atoms with van der Waals surface area (Å²) < 4.78 is 5.80. The van der Waals surface area contributed by atoms with Gasteiger partial charge in [-0.3, -0.25) is 4.79 Å². The third-order valence-corrected chi connectivity index (χ3v) is 4.21. The number of benzene rings is 1. The molecule has 0 saturated carbocycles. The van der Waals surface area contributed by atoms with Crippen molar-refractivity contribution in [2.45, 2.75) is 13.0 Å². The van der Waals surface area contributed by atoms with E-state index in [1.165, 1.54) is 18.4 Å². The van der Waals surface area contributed by atoms with Crippen molar-refractivity contribution in [3.63, 3.8) is 0 Å². The van der Waals surface area contributed by atoms with E-state index < -0.39 is 0 Å². The number of nitrogens with one attached hydrogen (secondary N) is 1. The summed E-state index contributed by atoms with van der Waals surface area (Å²) in [5.74, 6) is 0.356. The van der Waals surface area contributed by atoms with Crippen LogP contribution < -0.4 is 15.8 Å². The van der Waals surface area contributed by atoms with Gasteiger partial charge >= 0.3 is 0 Å². The zero-order valence-electron chi connectivity index (χ0n) is 11.1. The zero-order chi connectivity index (χ0) is 14.7. The van der Waals surface area contributed by atoms with Crippen LogP contribution >= 0.6 is 22.9 Å². The molecule has 2 aromatic rings. The van der Waals surface area contributed by atoms with Gasteiger partial charge < -0.3 is 15.8 Å². The van der Waals surface area contributed by atoms with Crippen molar-refractivity contribution < 1.29 is 9.53 Å². The fourth-order valence-corrected chi connectivity index (χ4v) is 2.85. The number of ether oxygens (including phenoxy) is 1. The number of methoxy groups -OCH3 is 1. The Morgan fingerprint density at radius 1 is 1.40 bits per heavy atom. The van der Waals surface area contributed by atoms with Gasteiger partial charge in [-0.15, -0.1) is 11.3 Å². The molecule has 0 saturated heterocycles. The lowest BCUT2D eigenvalue weighted by Gasteiger charge is -2.13. The van der Waals surface area contributed by atoms with Crippen LogP contribution in [-0.2, 0) is 0 Å². The van der Waals surface area contributed by atoms with Gasteiger partial charge in [-0.25, -0.2) is 0 Å². The molecular weight excluding hydrogens is 296 g/mol. The molecule has 0 aliphatic rings. The molecule has 1 amide bonds. The SMILES string of the molecule is COc1cc(N)cc(C(=O)NC(C)c2ccc(Cl)s2)c1. The summed E-state index contributed by atoms with van der Waals surface area (Å²) in [5, 5.41) is 2.91. The van der Waals surface area contributed by atoms with Crippen molar-refractivity contribution in [2.24, 2.45) is 0 Å². The maximum Gasteiger partial charge on any atom is 0.251 e. The summed E-state index contributed by atoms with van der Waals surface area (Å²) in [7, 11) is 1.53. The van der Waals surface area contributed by atoms with Crippen molar-refractivity contribution in [1.29, 1.82) is 0 Å². The van der Waals surface area contributed by atoms with Crippen LogP contribution in [0.25, 0.3) is 0 Å². The first-order valence-electron chi connectivity index (χ1n) is 6.00. The zero-order valence-corrected chi connectivity index (χ0v) is 12.7. The van der Waals surface area contributed by atoms with Crippen LogP contribution in [0.2, 0.25) is 4.34 Å². The van der Waals surface area contributed by atoms with Crippen LogP contribution in [0, 0.1) is 0 Å². The lowest BCUT2D eigenvalue weighted by molar-refractivity contribution is 0.0940. The Balaban J connectivity index is 2.13. The molecule has 20 heavy (non-hydrogen) atoms. The molecule has 6 heteroatoms. The van der Waals surface area contributed by atoms with Gasteiger partial charge in [-0.2, -0.15) is 0 Å². The van der Waals surface area contributed by atoms with Gasteiger partial charge in [0, 0.05) is 22.2 Å². The number of thiophene rings is 1. The lowest BCUT2D eigenvalue weighted by Crippen LogP contribution is -2.26. The topological polar surface area (TPSA) is 64.3 Å². The van der Waals surface area contributed by atoms with E-state index in [0.717, 1.165) is 4.88 Å². The predicted molar refractivity (Wildman–Crippen MR) is 82.6 cm³/mol. The number of carbonyl (C=O) groups excluding carboxylic acids is 1. The second-order valence-electron chi connectivity index (χ2n) is 4.33. The van der Waals surface area contributed by atoms with E-state index >= 15 is 0 Å². The number of hydrogen-bond acceptors (Lipinski definition) is 4. The predicted octanol–water partition coefficient (Wildman–Crippen LogP) is 3.48. The molecule has 0 bridgehead atoms. The minimum atomic E-state index is -0.201. The van der Waals surface area contributed by atoms with Gasteiger partial charge in [0.1, 0.15) is 5.75 Å². The summed E-state index contributed by atoms with van der Waals surface area (Å²) in [6.45, 7) is 1.91. The van der Waals surface area contributed by atoms with E-state index in [0.29, 0.717) is 21.3 Å². The van der Waals surface area contributed by atoms with Crippen LogP contribution in [0.1, 0.15) is 28.2 Å². The molecule has 106 valence electrons. The fraction of sp³-hybridized carbons (Fsp3) is 0.214. The Labute approximate surface area is 126 Å². The number of halogens is 1. The van der Waals surface area contributed by atoms with Gasteiger partial charge in [0.2, 0.25) is 0 Å². The van der Waals surface area contributed by atoms with Crippen LogP contribution in [-0.4, -0.2) is 13.0 Å². The molecule has 0 spiro atoms. The van der Waals surface area contributed by atoms with Crippen molar-refractivity contribution in [1.82, 2.24) is 5.32 Å². The van der Waals surface area contributed by atoms with E-state index in [2.05, 4.69) is 5.32 Å². The van der Waals surface area contributed by atoms with Crippen LogP contribution in [0.3, 0.4) is 0 Å². The molecule has 3 N–H and O–H groups in total. The highest BCUT2D eigenvalue weighted by Gasteiger charge is 2.14. The molecule has 1 aromatic heterocycles. The minimum Gasteiger partial charge on any atom is -0.497 e. The average molecular weight is 311 g/mol. The molecule has 1 heterocycles. The minimum absolute atomic E-state index is 0.118. The van der Waals surface area contributed by atoms with Crippen LogP contribution in [0.5, 0.6) is 5.75 Å². The number of nitrogens with two attached hydrogens (primary N) is 1. The summed E-state index contributed by atoms with van der Waals surface area (Å²) in [4.78, 5) is 13.2. The van der Waals surface area contributed by atoms with Gasteiger partial charge in [0.05, 0.1) is 17.5 Å². The van der Waals surface area contributed by atoms with Crippen LogP contribution in [0.15, 0.2) is 30.3 Å². The quantitative estimate of drug-likeness (QED) is 0.850. The van der Waals surface area contributed by atoms with Gasteiger partial charge in [0.25, 0.3) is 5.91 Å². The van der Waals surface area contributed by atoms with E-state index in [4.69, 9.17) is 22.1 Å². The molecule has 0 fully saturated rings. The summed E-state index contributed by atoms with van der Waals surface area (Å²) in [6, 6.07) is 8.53. The normalized spacial score (nSPS) is 11.9. The highest BCUT2D eigenvalue weighted by molar-refractivity contribution is 7.16. The third-order valence-electron chi connectivity index (χ3n) is 2.80. The van der Waals surface area contributed by atoms with Gasteiger partial charge in [-0.1, -0.05) is 11.6 Å². The Bertz CT molecular complexity index is 627.